The molecule has 0 radical (unpaired) electrons. The number of rotatable bonds is 3. The van der Waals surface area contributed by atoms with E-state index < -0.39 is 0 Å². The third-order valence-corrected chi connectivity index (χ3v) is 3.19. The smallest absolute Gasteiger partial charge is 0.168 e. The molecule has 16 heavy (non-hydrogen) atoms. The van der Waals surface area contributed by atoms with E-state index in [4.69, 9.17) is 0 Å². The fraction of sp³-hybridized carbons (Fsp3) is 0.167. The van der Waals surface area contributed by atoms with Gasteiger partial charge in [-0.2, -0.15) is 5.10 Å². The lowest BCUT2D eigenvalue weighted by Gasteiger charge is -2.00. The first-order valence-corrected chi connectivity index (χ1v) is 5.71. The Morgan fingerprint density at radius 3 is 2.81 bits per heavy atom. The van der Waals surface area contributed by atoms with Crippen LogP contribution in [-0.4, -0.2) is 16.1 Å². The van der Waals surface area contributed by atoms with Gasteiger partial charge in [-0.05, 0) is 17.7 Å². The van der Waals surface area contributed by atoms with Gasteiger partial charge in [0, 0.05) is 17.9 Å². The molecule has 0 aliphatic rings. The Hall–Kier alpha value is -1.42. The van der Waals surface area contributed by atoms with Crippen LogP contribution in [0.4, 0.5) is 0 Å². The lowest BCUT2D eigenvalue weighted by Crippen LogP contribution is -1.96. The highest BCUT2D eigenvalue weighted by Crippen LogP contribution is 2.19. The molecule has 1 heterocycles. The summed E-state index contributed by atoms with van der Waals surface area (Å²) in [7, 11) is 1.77. The van der Waals surface area contributed by atoms with Crippen LogP contribution in [0.2, 0.25) is 0 Å². The highest BCUT2D eigenvalue weighted by Gasteiger charge is 2.06. The normalized spacial score (nSPS) is 10.4. The second-order valence-corrected chi connectivity index (χ2v) is 4.42. The molecule has 0 aliphatic carbocycles. The van der Waals surface area contributed by atoms with Crippen LogP contribution < -0.4 is 0 Å². The van der Waals surface area contributed by atoms with Gasteiger partial charge in [-0.15, -0.1) is 0 Å². The van der Waals surface area contributed by atoms with Crippen LogP contribution in [0.1, 0.15) is 21.7 Å². The van der Waals surface area contributed by atoms with E-state index >= 15 is 0 Å². The Labute approximate surface area is 102 Å². The van der Waals surface area contributed by atoms with Crippen molar-refractivity contribution in [2.24, 2.45) is 7.05 Å². The Balaban J connectivity index is 2.27. The van der Waals surface area contributed by atoms with Crippen LogP contribution in [0.5, 0.6) is 0 Å². The fourth-order valence-electron chi connectivity index (χ4n) is 1.58. The molecule has 0 aliphatic heterocycles. The number of carbonyl (C=O) groups excluding carboxylic acids is 1. The molecule has 0 saturated carbocycles. The minimum Gasteiger partial charge on any atom is -0.296 e. The number of hydrogen-bond acceptors (Lipinski definition) is 2. The molecule has 1 aromatic carbocycles. The van der Waals surface area contributed by atoms with Crippen molar-refractivity contribution in [2.75, 3.05) is 0 Å². The Bertz CT molecular complexity index is 519. The third kappa shape index (κ3) is 2.22. The molecule has 0 atom stereocenters. The summed E-state index contributed by atoms with van der Waals surface area (Å²) in [6.45, 7) is 0. The summed E-state index contributed by atoms with van der Waals surface area (Å²) in [5, 5.41) is 4.28. The molecule has 0 unspecified atom stereocenters. The van der Waals surface area contributed by atoms with E-state index in [1.54, 1.807) is 11.7 Å². The third-order valence-electron chi connectivity index (χ3n) is 2.42. The maximum Gasteiger partial charge on any atom is 0.168 e. The van der Waals surface area contributed by atoms with Crippen molar-refractivity contribution >= 4 is 22.2 Å². The molecule has 0 amide bonds. The summed E-state index contributed by atoms with van der Waals surface area (Å²) >= 11 is 3.49. The number of aldehydes is 1. The predicted molar refractivity (Wildman–Crippen MR) is 65.5 cm³/mol. The van der Waals surface area contributed by atoms with Gasteiger partial charge >= 0.3 is 0 Å². The van der Waals surface area contributed by atoms with E-state index in [0.717, 1.165) is 28.4 Å². The second-order valence-electron chi connectivity index (χ2n) is 3.57. The second kappa shape index (κ2) is 4.61. The maximum absolute atomic E-state index is 10.7. The van der Waals surface area contributed by atoms with Crippen molar-refractivity contribution in [1.29, 1.82) is 0 Å². The number of hydrogen-bond donors (Lipinski definition) is 0. The number of carbonyl (C=O) groups is 1. The lowest BCUT2D eigenvalue weighted by atomic mass is 10.1. The van der Waals surface area contributed by atoms with Crippen LogP contribution in [0.3, 0.4) is 0 Å². The van der Waals surface area contributed by atoms with Crippen LogP contribution in [0.15, 0.2) is 34.8 Å². The van der Waals surface area contributed by atoms with Crippen molar-refractivity contribution < 1.29 is 4.79 Å². The van der Waals surface area contributed by atoms with E-state index in [9.17, 15) is 4.79 Å². The van der Waals surface area contributed by atoms with Crippen molar-refractivity contribution in [3.63, 3.8) is 0 Å². The molecule has 0 spiro atoms. The largest absolute Gasteiger partial charge is 0.296 e. The van der Waals surface area contributed by atoms with Crippen molar-refractivity contribution in [3.8, 4) is 0 Å². The minimum absolute atomic E-state index is 0.599. The first-order chi connectivity index (χ1) is 7.70. The first kappa shape index (κ1) is 11.1. The monoisotopic (exact) mass is 278 g/mol. The summed E-state index contributed by atoms with van der Waals surface area (Å²) in [6.07, 6.45) is 1.54. The van der Waals surface area contributed by atoms with Crippen LogP contribution in [0.25, 0.3) is 0 Å². The molecule has 0 N–H and O–H groups in total. The molecule has 82 valence electrons. The Morgan fingerprint density at radius 1 is 1.44 bits per heavy atom. The quantitative estimate of drug-likeness (QED) is 0.809. The lowest BCUT2D eigenvalue weighted by molar-refractivity contribution is 0.111. The van der Waals surface area contributed by atoms with Gasteiger partial charge in [-0.1, -0.05) is 34.1 Å². The average molecular weight is 279 g/mol. The van der Waals surface area contributed by atoms with Crippen LogP contribution in [-0.2, 0) is 13.5 Å². The summed E-state index contributed by atoms with van der Waals surface area (Å²) in [6, 6.07) is 9.82. The zero-order valence-electron chi connectivity index (χ0n) is 8.85. The zero-order chi connectivity index (χ0) is 11.5. The van der Waals surface area contributed by atoms with E-state index in [1.807, 2.05) is 30.3 Å². The zero-order valence-corrected chi connectivity index (χ0v) is 10.4. The first-order valence-electron chi connectivity index (χ1n) is 4.92. The predicted octanol–water partition coefficient (Wildman–Crippen LogP) is 2.59. The highest BCUT2D eigenvalue weighted by molar-refractivity contribution is 9.10. The number of nitrogens with zero attached hydrogens (tertiary/aromatic N) is 2. The number of benzene rings is 1. The van der Waals surface area contributed by atoms with Crippen molar-refractivity contribution in [2.45, 2.75) is 6.42 Å². The summed E-state index contributed by atoms with van der Waals surface area (Å²) < 4.78 is 2.66. The SMILES string of the molecule is Cn1nc(Cc2ccccc2Br)cc1C=O. The molecule has 2 rings (SSSR count). The molecular weight excluding hydrogens is 268 g/mol. The molecule has 0 fully saturated rings. The maximum atomic E-state index is 10.7. The molecule has 3 nitrogen and oxygen atoms in total. The van der Waals surface area contributed by atoms with Gasteiger partial charge in [0.1, 0.15) is 5.69 Å². The number of aryl methyl sites for hydroxylation is 1. The van der Waals surface area contributed by atoms with E-state index in [0.29, 0.717) is 5.69 Å². The molecule has 1 aromatic heterocycles. The number of halogens is 1. The minimum atomic E-state index is 0.599. The molecule has 2 aromatic rings. The molecule has 0 saturated heterocycles. The van der Waals surface area contributed by atoms with Gasteiger partial charge in [0.2, 0.25) is 0 Å². The highest BCUT2D eigenvalue weighted by atomic mass is 79.9. The summed E-state index contributed by atoms with van der Waals surface area (Å²) in [5.41, 5.74) is 2.66. The standard InChI is InChI=1S/C12H11BrN2O/c1-15-11(8-16)7-10(14-15)6-9-4-2-3-5-12(9)13/h2-5,7-8H,6H2,1H3. The van der Waals surface area contributed by atoms with E-state index in [2.05, 4.69) is 21.0 Å². The van der Waals surface area contributed by atoms with Gasteiger partial charge in [-0.3, -0.25) is 9.48 Å². The fourth-order valence-corrected chi connectivity index (χ4v) is 2.00. The van der Waals surface area contributed by atoms with Gasteiger partial charge in [0.05, 0.1) is 5.69 Å². The van der Waals surface area contributed by atoms with Gasteiger partial charge in [0.25, 0.3) is 0 Å². The van der Waals surface area contributed by atoms with Crippen LogP contribution >= 0.6 is 15.9 Å². The molecule has 0 bridgehead atoms. The Morgan fingerprint density at radius 2 is 2.19 bits per heavy atom. The summed E-state index contributed by atoms with van der Waals surface area (Å²) in [5.74, 6) is 0. The Kier molecular flexibility index (Phi) is 3.19. The summed E-state index contributed by atoms with van der Waals surface area (Å²) in [4.78, 5) is 10.7. The van der Waals surface area contributed by atoms with Gasteiger partial charge in [-0.25, -0.2) is 0 Å². The van der Waals surface area contributed by atoms with Gasteiger partial charge < -0.3 is 0 Å². The van der Waals surface area contributed by atoms with E-state index in [-0.39, 0.29) is 0 Å². The van der Waals surface area contributed by atoms with E-state index in [1.165, 1.54) is 0 Å². The average Bonchev–Trinajstić information content (AvgIpc) is 2.62. The van der Waals surface area contributed by atoms with Crippen LogP contribution in [0, 0.1) is 0 Å². The van der Waals surface area contributed by atoms with Crippen molar-refractivity contribution in [3.05, 3.63) is 51.8 Å². The number of aromatic nitrogens is 2. The van der Waals surface area contributed by atoms with Gasteiger partial charge in [0.15, 0.2) is 6.29 Å². The molecular formula is C12H11BrN2O. The molecule has 4 heteroatoms. The topological polar surface area (TPSA) is 34.9 Å². The van der Waals surface area contributed by atoms with Crippen molar-refractivity contribution in [1.82, 2.24) is 9.78 Å².